The molecule has 0 fully saturated rings. The van der Waals surface area contributed by atoms with Gasteiger partial charge in [-0.25, -0.2) is 0 Å². The number of hydrogen-bond donors (Lipinski definition) is 0. The van der Waals surface area contributed by atoms with E-state index in [1.54, 1.807) is 0 Å². The standard InChI is InChI=1S/C12H14.2C2H6/c1-10-5-4-8-11-6-2-3-7-12(11)9-10;2*1-2/h3-5,7-10H,2,6H2,1H3;2*1-2H3. The van der Waals surface area contributed by atoms with Crippen LogP contribution in [-0.4, -0.2) is 0 Å². The maximum Gasteiger partial charge on any atom is -0.00697 e. The van der Waals surface area contributed by atoms with Crippen LogP contribution in [0.4, 0.5) is 0 Å². The van der Waals surface area contributed by atoms with E-state index in [1.165, 1.54) is 24.0 Å². The second kappa shape index (κ2) is 9.21. The molecule has 0 aromatic heterocycles. The monoisotopic (exact) mass is 218 g/mol. The fourth-order valence-corrected chi connectivity index (χ4v) is 1.73. The summed E-state index contributed by atoms with van der Waals surface area (Å²) in [5, 5.41) is 0. The number of rotatable bonds is 0. The summed E-state index contributed by atoms with van der Waals surface area (Å²) in [7, 11) is 0. The Kier molecular flexibility index (Phi) is 8.61. The normalized spacial score (nSPS) is 21.2. The van der Waals surface area contributed by atoms with Crippen molar-refractivity contribution in [2.24, 2.45) is 5.92 Å². The summed E-state index contributed by atoms with van der Waals surface area (Å²) in [5.74, 6) is 0.580. The molecule has 0 N–H and O–H groups in total. The number of fused-ring (bicyclic) bond motifs is 1. The first-order valence-corrected chi connectivity index (χ1v) is 6.62. The van der Waals surface area contributed by atoms with E-state index in [-0.39, 0.29) is 0 Å². The molecular weight excluding hydrogens is 192 g/mol. The Hall–Kier alpha value is -1.04. The quantitative estimate of drug-likeness (QED) is 0.507. The molecule has 2 aliphatic rings. The fourth-order valence-electron chi connectivity index (χ4n) is 1.73. The Morgan fingerprint density at radius 3 is 2.50 bits per heavy atom. The van der Waals surface area contributed by atoms with E-state index in [0.29, 0.717) is 5.92 Å². The van der Waals surface area contributed by atoms with Crippen molar-refractivity contribution < 1.29 is 0 Å². The van der Waals surface area contributed by atoms with Gasteiger partial charge in [-0.05, 0) is 29.9 Å². The third-order valence-electron chi connectivity index (χ3n) is 2.40. The molecule has 0 saturated carbocycles. The van der Waals surface area contributed by atoms with Crippen LogP contribution in [0.15, 0.2) is 47.6 Å². The zero-order valence-electron chi connectivity index (χ0n) is 11.5. The molecule has 90 valence electrons. The van der Waals surface area contributed by atoms with E-state index in [4.69, 9.17) is 0 Å². The van der Waals surface area contributed by atoms with Crippen LogP contribution in [-0.2, 0) is 0 Å². The van der Waals surface area contributed by atoms with Crippen LogP contribution >= 0.6 is 0 Å². The molecule has 0 spiro atoms. The summed E-state index contributed by atoms with van der Waals surface area (Å²) >= 11 is 0. The average molecular weight is 218 g/mol. The molecule has 0 aromatic carbocycles. The molecular formula is C16H26. The Labute approximate surface area is 101 Å². The summed E-state index contributed by atoms with van der Waals surface area (Å²) in [4.78, 5) is 0. The second-order valence-electron chi connectivity index (χ2n) is 3.50. The molecule has 0 nitrogen and oxygen atoms in total. The van der Waals surface area contributed by atoms with Crippen molar-refractivity contribution in [1.82, 2.24) is 0 Å². The maximum atomic E-state index is 2.34. The summed E-state index contributed by atoms with van der Waals surface area (Å²) in [5.41, 5.74) is 2.93. The van der Waals surface area contributed by atoms with Crippen molar-refractivity contribution in [3.63, 3.8) is 0 Å². The molecule has 0 heterocycles. The lowest BCUT2D eigenvalue weighted by atomic mass is 9.94. The van der Waals surface area contributed by atoms with Gasteiger partial charge in [0.2, 0.25) is 0 Å². The third-order valence-corrected chi connectivity index (χ3v) is 2.40. The summed E-state index contributed by atoms with van der Waals surface area (Å²) < 4.78 is 0. The highest BCUT2D eigenvalue weighted by Gasteiger charge is 2.08. The van der Waals surface area contributed by atoms with Crippen LogP contribution in [0.25, 0.3) is 0 Å². The van der Waals surface area contributed by atoms with Gasteiger partial charge in [0, 0.05) is 0 Å². The van der Waals surface area contributed by atoms with Crippen LogP contribution in [0.2, 0.25) is 0 Å². The van der Waals surface area contributed by atoms with Gasteiger partial charge in [0.05, 0.1) is 0 Å². The van der Waals surface area contributed by atoms with Crippen LogP contribution in [0.5, 0.6) is 0 Å². The van der Waals surface area contributed by atoms with Crippen molar-refractivity contribution in [2.45, 2.75) is 47.5 Å². The van der Waals surface area contributed by atoms with Gasteiger partial charge in [-0.15, -0.1) is 0 Å². The lowest BCUT2D eigenvalue weighted by molar-refractivity contribution is 0.917. The molecule has 1 atom stereocenters. The van der Waals surface area contributed by atoms with E-state index >= 15 is 0 Å². The van der Waals surface area contributed by atoms with Crippen LogP contribution in [0.3, 0.4) is 0 Å². The Bertz CT molecular complexity index is 287. The van der Waals surface area contributed by atoms with Gasteiger partial charge in [0.1, 0.15) is 0 Å². The zero-order chi connectivity index (χ0) is 12.4. The second-order valence-corrected chi connectivity index (χ2v) is 3.50. The first kappa shape index (κ1) is 15.0. The van der Waals surface area contributed by atoms with Gasteiger partial charge in [0.15, 0.2) is 0 Å². The van der Waals surface area contributed by atoms with Crippen molar-refractivity contribution >= 4 is 0 Å². The summed E-state index contributed by atoms with van der Waals surface area (Å²) in [6.07, 6.45) is 15.9. The molecule has 0 radical (unpaired) electrons. The highest BCUT2D eigenvalue weighted by atomic mass is 14.1. The van der Waals surface area contributed by atoms with E-state index in [1.807, 2.05) is 27.7 Å². The average Bonchev–Trinajstić information content (AvgIpc) is 2.55. The lowest BCUT2D eigenvalue weighted by Gasteiger charge is -2.11. The van der Waals surface area contributed by atoms with Crippen LogP contribution in [0, 0.1) is 5.92 Å². The Balaban J connectivity index is 0.000000509. The predicted octanol–water partition coefficient (Wildman–Crippen LogP) is 5.45. The molecule has 0 aromatic rings. The highest BCUT2D eigenvalue weighted by Crippen LogP contribution is 2.26. The molecule has 0 saturated heterocycles. The molecule has 0 aliphatic heterocycles. The maximum absolute atomic E-state index is 2.34. The van der Waals surface area contributed by atoms with Crippen molar-refractivity contribution in [3.05, 3.63) is 47.6 Å². The molecule has 2 aliphatic carbocycles. The Morgan fingerprint density at radius 1 is 1.12 bits per heavy atom. The highest BCUT2D eigenvalue weighted by molar-refractivity contribution is 5.46. The minimum Gasteiger partial charge on any atom is -0.0836 e. The van der Waals surface area contributed by atoms with E-state index in [9.17, 15) is 0 Å². The molecule has 0 bridgehead atoms. The summed E-state index contributed by atoms with van der Waals surface area (Å²) in [6.45, 7) is 10.2. The van der Waals surface area contributed by atoms with E-state index < -0.39 is 0 Å². The fraction of sp³-hybridized carbons (Fsp3) is 0.500. The van der Waals surface area contributed by atoms with Gasteiger partial charge < -0.3 is 0 Å². The van der Waals surface area contributed by atoms with E-state index in [0.717, 1.165) is 0 Å². The van der Waals surface area contributed by atoms with Gasteiger partial charge in [-0.2, -0.15) is 0 Å². The topological polar surface area (TPSA) is 0 Å². The molecule has 2 rings (SSSR count). The third kappa shape index (κ3) is 4.65. The first-order chi connectivity index (χ1) is 7.86. The van der Waals surface area contributed by atoms with Gasteiger partial charge >= 0.3 is 0 Å². The first-order valence-electron chi connectivity index (χ1n) is 6.62. The number of allylic oxidation sites excluding steroid dienone is 8. The lowest BCUT2D eigenvalue weighted by Crippen LogP contribution is -1.93. The number of hydrogen-bond acceptors (Lipinski definition) is 0. The van der Waals surface area contributed by atoms with Gasteiger partial charge in [0.25, 0.3) is 0 Å². The molecule has 0 heteroatoms. The van der Waals surface area contributed by atoms with Crippen LogP contribution < -0.4 is 0 Å². The smallest absolute Gasteiger partial charge is 0.00697 e. The minimum atomic E-state index is 0.580. The summed E-state index contributed by atoms with van der Waals surface area (Å²) in [6, 6.07) is 0. The predicted molar refractivity (Wildman–Crippen MR) is 75.5 cm³/mol. The van der Waals surface area contributed by atoms with Gasteiger partial charge in [-0.1, -0.05) is 71.1 Å². The van der Waals surface area contributed by atoms with E-state index in [2.05, 4.69) is 43.4 Å². The molecule has 0 amide bonds. The van der Waals surface area contributed by atoms with Crippen molar-refractivity contribution in [3.8, 4) is 0 Å². The largest absolute Gasteiger partial charge is 0.0836 e. The van der Waals surface area contributed by atoms with Gasteiger partial charge in [-0.3, -0.25) is 0 Å². The van der Waals surface area contributed by atoms with Crippen LogP contribution in [0.1, 0.15) is 47.5 Å². The SMILES string of the molecule is CC.CC.CC1C=CC=C2CCC=CC2=C1. The minimum absolute atomic E-state index is 0.580. The van der Waals surface area contributed by atoms with Crippen molar-refractivity contribution in [2.75, 3.05) is 0 Å². The molecule has 16 heavy (non-hydrogen) atoms. The Morgan fingerprint density at radius 2 is 1.81 bits per heavy atom. The molecule has 1 unspecified atom stereocenters. The van der Waals surface area contributed by atoms with Crippen molar-refractivity contribution in [1.29, 1.82) is 0 Å². The zero-order valence-corrected chi connectivity index (χ0v) is 11.5.